The van der Waals surface area contributed by atoms with Gasteiger partial charge in [0, 0.05) is 0 Å². The summed E-state index contributed by atoms with van der Waals surface area (Å²) in [5.74, 6) is 0. The minimum Gasteiger partial charge on any atom is -1.00 e. The number of unbranched alkanes of at least 4 members (excludes halogenated alkanes) is 1. The first kappa shape index (κ1) is 15.9. The molecule has 0 aliphatic rings. The van der Waals surface area contributed by atoms with Crippen LogP contribution in [0.4, 0.5) is 0 Å². The Morgan fingerprint density at radius 3 is 1.67 bits per heavy atom. The van der Waals surface area contributed by atoms with Crippen molar-refractivity contribution in [3.63, 3.8) is 0 Å². The largest absolute Gasteiger partial charge is 1.00 e. The third kappa shape index (κ3) is 22.6. The van der Waals surface area contributed by atoms with Crippen molar-refractivity contribution >= 4 is 8.41 Å². The van der Waals surface area contributed by atoms with Crippen LogP contribution < -0.4 is 18.9 Å². The minimum atomic E-state index is 0. The van der Waals surface area contributed by atoms with Gasteiger partial charge >= 0.3 is 18.9 Å². The van der Waals surface area contributed by atoms with Crippen molar-refractivity contribution in [2.75, 3.05) is 0 Å². The molecule has 0 aromatic carbocycles. The van der Waals surface area contributed by atoms with E-state index in [1.54, 1.807) is 0 Å². The van der Waals surface area contributed by atoms with E-state index in [1.165, 1.54) is 6.42 Å². The molecular weight excluding hydrogens is 65.8 g/mol. The SMILES string of the molecule is [B-].[CH2-]CCC.[Li+]. The van der Waals surface area contributed by atoms with E-state index in [4.69, 9.17) is 0 Å². The Morgan fingerprint density at radius 2 is 1.67 bits per heavy atom. The third-order valence-electron chi connectivity index (χ3n) is 0.354. The van der Waals surface area contributed by atoms with E-state index >= 15 is 0 Å². The average Bonchev–Trinajstić information content (AvgIpc) is 1.37. The van der Waals surface area contributed by atoms with Crippen molar-refractivity contribution in [3.05, 3.63) is 6.92 Å². The first-order valence-corrected chi connectivity index (χ1v) is 1.71. The summed E-state index contributed by atoms with van der Waals surface area (Å²) < 4.78 is 0. The minimum absolute atomic E-state index is 0. The van der Waals surface area contributed by atoms with Gasteiger partial charge in [0.2, 0.25) is 0 Å². The smallest absolute Gasteiger partial charge is 1.00 e. The second-order valence-electron chi connectivity index (χ2n) is 0.854. The van der Waals surface area contributed by atoms with Gasteiger partial charge in [-0.1, -0.05) is 13.3 Å². The molecule has 6 heavy (non-hydrogen) atoms. The van der Waals surface area contributed by atoms with Crippen LogP contribution >= 0.6 is 0 Å². The molecule has 0 aliphatic heterocycles. The maximum absolute atomic E-state index is 3.60. The van der Waals surface area contributed by atoms with Gasteiger partial charge in [-0.3, -0.25) is 0 Å². The topological polar surface area (TPSA) is 0 Å². The van der Waals surface area contributed by atoms with E-state index in [0.717, 1.165) is 6.42 Å². The van der Waals surface area contributed by atoms with Crippen molar-refractivity contribution in [2.45, 2.75) is 19.8 Å². The molecule has 0 heterocycles. The summed E-state index contributed by atoms with van der Waals surface area (Å²) in [4.78, 5) is 0. The zero-order valence-corrected chi connectivity index (χ0v) is 4.70. The molecule has 0 saturated heterocycles. The van der Waals surface area contributed by atoms with Gasteiger partial charge in [-0.05, 0) is 0 Å². The van der Waals surface area contributed by atoms with E-state index < -0.39 is 0 Å². The maximum atomic E-state index is 3.60. The average molecular weight is 74.9 g/mol. The summed E-state index contributed by atoms with van der Waals surface area (Å²) in [6, 6.07) is 0. The molecule has 0 saturated carbocycles. The molecule has 0 N–H and O–H groups in total. The zero-order chi connectivity index (χ0) is 3.41. The Hall–Kier alpha value is 0.662. The Morgan fingerprint density at radius 1 is 1.50 bits per heavy atom. The normalized spacial score (nSPS) is 5.00. The second kappa shape index (κ2) is 17.4. The summed E-state index contributed by atoms with van der Waals surface area (Å²) >= 11 is 0. The monoisotopic (exact) mass is 75.1 g/mol. The van der Waals surface area contributed by atoms with Crippen LogP contribution in [0.5, 0.6) is 0 Å². The molecule has 30 valence electrons. The molecule has 0 bridgehead atoms. The molecule has 0 rings (SSSR count). The van der Waals surface area contributed by atoms with Gasteiger partial charge in [-0.25, -0.2) is 0 Å². The molecule has 4 radical (unpaired) electrons. The van der Waals surface area contributed by atoms with E-state index in [1.807, 2.05) is 0 Å². The second-order valence-corrected chi connectivity index (χ2v) is 0.854. The van der Waals surface area contributed by atoms with Crippen LogP contribution in [-0.4, -0.2) is 8.41 Å². The first-order chi connectivity index (χ1) is 1.91. The molecule has 0 fully saturated rings. The van der Waals surface area contributed by atoms with Crippen LogP contribution in [-0.2, 0) is 0 Å². The van der Waals surface area contributed by atoms with Crippen molar-refractivity contribution in [1.82, 2.24) is 0 Å². The summed E-state index contributed by atoms with van der Waals surface area (Å²) in [6.45, 7) is 5.72. The predicted octanol–water partition coefficient (Wildman–Crippen LogP) is -1.76. The Labute approximate surface area is 54.5 Å². The molecule has 0 atom stereocenters. The summed E-state index contributed by atoms with van der Waals surface area (Å²) in [5.41, 5.74) is 0. The molecule has 2 heteroatoms. The van der Waals surface area contributed by atoms with Crippen LogP contribution in [0.2, 0.25) is 0 Å². The fourth-order valence-electron chi connectivity index (χ4n) is 0. The molecule has 0 unspecified atom stereocenters. The van der Waals surface area contributed by atoms with Crippen LogP contribution in [0.3, 0.4) is 0 Å². The van der Waals surface area contributed by atoms with E-state index in [-0.39, 0.29) is 27.3 Å². The summed E-state index contributed by atoms with van der Waals surface area (Å²) in [6.07, 6.45) is 2.28. The van der Waals surface area contributed by atoms with Crippen LogP contribution in [0.1, 0.15) is 19.8 Å². The van der Waals surface area contributed by atoms with Gasteiger partial charge in [-0.2, -0.15) is 6.42 Å². The van der Waals surface area contributed by atoms with Gasteiger partial charge in [0.05, 0.1) is 0 Å². The van der Waals surface area contributed by atoms with Crippen LogP contribution in [0.25, 0.3) is 0 Å². The van der Waals surface area contributed by atoms with E-state index in [9.17, 15) is 0 Å². The van der Waals surface area contributed by atoms with E-state index in [0.29, 0.717) is 0 Å². The van der Waals surface area contributed by atoms with Gasteiger partial charge in [0.1, 0.15) is 0 Å². The molecule has 0 aromatic rings. The summed E-state index contributed by atoms with van der Waals surface area (Å²) in [7, 11) is 0. The Bertz CT molecular complexity index is 9.51. The van der Waals surface area contributed by atoms with Crippen LogP contribution in [0, 0.1) is 6.92 Å². The standard InChI is InChI=1S/C4H9.B.Li/c1-3-4-2;;/h1,3-4H2,2H3;;/q2*-1;+1. The molecule has 0 nitrogen and oxygen atoms in total. The Kier molecular flexibility index (Phi) is 46.1. The number of hydrogen-bond acceptors (Lipinski definition) is 0. The van der Waals surface area contributed by atoms with Gasteiger partial charge in [0.15, 0.2) is 0 Å². The number of hydrogen-bond donors (Lipinski definition) is 0. The molecular formula is C4H9BLi-. The fourth-order valence-corrected chi connectivity index (χ4v) is 0. The maximum Gasteiger partial charge on any atom is 1.00 e. The van der Waals surface area contributed by atoms with Crippen molar-refractivity contribution in [1.29, 1.82) is 0 Å². The van der Waals surface area contributed by atoms with Gasteiger partial charge in [-0.15, -0.1) is 0 Å². The number of rotatable bonds is 1. The fraction of sp³-hybridized carbons (Fsp3) is 0.750. The third-order valence-corrected chi connectivity index (χ3v) is 0.354. The van der Waals surface area contributed by atoms with E-state index in [2.05, 4.69) is 13.8 Å². The predicted molar refractivity (Wildman–Crippen MR) is 26.0 cm³/mol. The summed E-state index contributed by atoms with van der Waals surface area (Å²) in [5, 5.41) is 0. The van der Waals surface area contributed by atoms with Crippen LogP contribution in [0.15, 0.2) is 0 Å². The molecule has 0 aromatic heterocycles. The molecule has 0 amide bonds. The van der Waals surface area contributed by atoms with Crippen molar-refractivity contribution in [2.24, 2.45) is 0 Å². The first-order valence-electron chi connectivity index (χ1n) is 1.71. The molecule has 0 aliphatic carbocycles. The van der Waals surface area contributed by atoms with Gasteiger partial charge < -0.3 is 15.3 Å². The van der Waals surface area contributed by atoms with Gasteiger partial charge in [0.25, 0.3) is 0 Å². The quantitative estimate of drug-likeness (QED) is 0.256. The zero-order valence-electron chi connectivity index (χ0n) is 4.70. The van der Waals surface area contributed by atoms with Crippen molar-refractivity contribution in [3.8, 4) is 0 Å². The molecule has 0 spiro atoms. The van der Waals surface area contributed by atoms with Crippen molar-refractivity contribution < 1.29 is 18.9 Å². The Balaban J connectivity index is -0.0000000450.